The number of carboxylic acid groups (broad SMARTS) is 1. The summed E-state index contributed by atoms with van der Waals surface area (Å²) in [5.41, 5.74) is 6.98. The summed E-state index contributed by atoms with van der Waals surface area (Å²) >= 11 is 0. The zero-order valence-corrected chi connectivity index (χ0v) is 10.2. The maximum absolute atomic E-state index is 11.9. The zero-order chi connectivity index (χ0) is 13.9. The number of anilines is 1. The van der Waals surface area contributed by atoms with Crippen LogP contribution in [0.25, 0.3) is 0 Å². The van der Waals surface area contributed by atoms with Crippen LogP contribution in [-0.2, 0) is 4.79 Å². The minimum Gasteiger partial charge on any atom is -0.480 e. The molecule has 1 amide bonds. The topological polar surface area (TPSA) is 113 Å². The minimum absolute atomic E-state index is 0.293. The van der Waals surface area contributed by atoms with Gasteiger partial charge in [-0.3, -0.25) is 4.79 Å². The van der Waals surface area contributed by atoms with Crippen LogP contribution in [0.3, 0.4) is 0 Å². The number of aliphatic hydroxyl groups excluding tert-OH is 1. The van der Waals surface area contributed by atoms with Crippen molar-refractivity contribution in [2.24, 2.45) is 0 Å². The molecule has 0 aliphatic rings. The Hall–Kier alpha value is -2.08. The van der Waals surface area contributed by atoms with Crippen molar-refractivity contribution in [3.05, 3.63) is 29.3 Å². The molecule has 5 N–H and O–H groups in total. The molecule has 0 fully saturated rings. The maximum Gasteiger partial charge on any atom is 0.328 e. The van der Waals surface area contributed by atoms with Crippen LogP contribution in [0, 0.1) is 6.92 Å². The molecule has 0 unspecified atom stereocenters. The molecule has 1 aromatic carbocycles. The van der Waals surface area contributed by atoms with E-state index < -0.39 is 24.0 Å². The number of carboxylic acids is 1. The van der Waals surface area contributed by atoms with E-state index in [-0.39, 0.29) is 0 Å². The van der Waals surface area contributed by atoms with Crippen LogP contribution in [0.2, 0.25) is 0 Å². The van der Waals surface area contributed by atoms with Gasteiger partial charge < -0.3 is 21.3 Å². The summed E-state index contributed by atoms with van der Waals surface area (Å²) in [7, 11) is 0. The summed E-state index contributed by atoms with van der Waals surface area (Å²) in [5, 5.41) is 20.4. The molecule has 6 heteroatoms. The number of carbonyl (C=O) groups is 2. The highest BCUT2D eigenvalue weighted by molar-refractivity contribution is 5.98. The Morgan fingerprint density at radius 2 is 2.00 bits per heavy atom. The van der Waals surface area contributed by atoms with Gasteiger partial charge in [0, 0.05) is 11.3 Å². The zero-order valence-electron chi connectivity index (χ0n) is 10.2. The average Bonchev–Trinajstić information content (AvgIpc) is 2.28. The normalized spacial score (nSPS) is 13.7. The Morgan fingerprint density at radius 3 is 2.50 bits per heavy atom. The number of hydrogen-bond acceptors (Lipinski definition) is 4. The molecule has 0 aliphatic heterocycles. The molecule has 2 atom stereocenters. The van der Waals surface area contributed by atoms with Gasteiger partial charge in [0.25, 0.3) is 5.91 Å². The van der Waals surface area contributed by atoms with E-state index in [4.69, 9.17) is 10.8 Å². The fourth-order valence-electron chi connectivity index (χ4n) is 1.51. The Balaban J connectivity index is 2.94. The summed E-state index contributed by atoms with van der Waals surface area (Å²) in [4.78, 5) is 22.8. The molecule has 1 aromatic rings. The SMILES string of the molecule is Cc1c(N)cccc1C(=O)N[C@H](C(=O)O)[C@@H](C)O. The van der Waals surface area contributed by atoms with E-state index >= 15 is 0 Å². The summed E-state index contributed by atoms with van der Waals surface area (Å²) in [6, 6.07) is 3.45. The van der Waals surface area contributed by atoms with Gasteiger partial charge in [-0.15, -0.1) is 0 Å². The van der Waals surface area contributed by atoms with E-state index in [0.29, 0.717) is 16.8 Å². The lowest BCUT2D eigenvalue weighted by Gasteiger charge is -2.18. The van der Waals surface area contributed by atoms with E-state index in [9.17, 15) is 14.7 Å². The van der Waals surface area contributed by atoms with Crippen molar-refractivity contribution in [2.75, 3.05) is 5.73 Å². The first-order valence-corrected chi connectivity index (χ1v) is 5.41. The number of carbonyl (C=O) groups excluding carboxylic acids is 1. The average molecular weight is 252 g/mol. The molecule has 0 aromatic heterocycles. The van der Waals surface area contributed by atoms with Gasteiger partial charge in [0.1, 0.15) is 0 Å². The van der Waals surface area contributed by atoms with E-state index in [1.807, 2.05) is 0 Å². The van der Waals surface area contributed by atoms with Crippen molar-refractivity contribution in [3.63, 3.8) is 0 Å². The van der Waals surface area contributed by atoms with Gasteiger partial charge in [-0.05, 0) is 31.5 Å². The Bertz CT molecular complexity index is 471. The van der Waals surface area contributed by atoms with Crippen LogP contribution >= 0.6 is 0 Å². The van der Waals surface area contributed by atoms with Gasteiger partial charge in [-0.2, -0.15) is 0 Å². The quantitative estimate of drug-likeness (QED) is 0.569. The molecule has 18 heavy (non-hydrogen) atoms. The molecular weight excluding hydrogens is 236 g/mol. The molecule has 1 rings (SSSR count). The second kappa shape index (κ2) is 5.50. The van der Waals surface area contributed by atoms with Crippen molar-refractivity contribution in [3.8, 4) is 0 Å². The molecule has 0 bridgehead atoms. The standard InChI is InChI=1S/C12H16N2O4/c1-6-8(4-3-5-9(6)13)11(16)14-10(7(2)15)12(17)18/h3-5,7,10,15H,13H2,1-2H3,(H,14,16)(H,17,18)/t7-,10+/m1/s1. The lowest BCUT2D eigenvalue weighted by Crippen LogP contribution is -2.47. The van der Waals surface area contributed by atoms with Crippen LogP contribution in [0.5, 0.6) is 0 Å². The number of nitrogens with one attached hydrogen (secondary N) is 1. The minimum atomic E-state index is -1.35. The van der Waals surface area contributed by atoms with Gasteiger partial charge in [-0.25, -0.2) is 4.79 Å². The maximum atomic E-state index is 11.9. The molecule has 6 nitrogen and oxygen atoms in total. The number of amides is 1. The third-order valence-electron chi connectivity index (χ3n) is 2.66. The number of benzene rings is 1. The highest BCUT2D eigenvalue weighted by atomic mass is 16.4. The molecule has 0 aliphatic carbocycles. The van der Waals surface area contributed by atoms with Gasteiger partial charge in [-0.1, -0.05) is 6.07 Å². The third-order valence-corrected chi connectivity index (χ3v) is 2.66. The molecule has 0 spiro atoms. The summed E-state index contributed by atoms with van der Waals surface area (Å²) in [5.74, 6) is -1.87. The van der Waals surface area contributed by atoms with Crippen molar-refractivity contribution < 1.29 is 19.8 Å². The number of nitrogen functional groups attached to an aromatic ring is 1. The number of aliphatic carboxylic acids is 1. The third kappa shape index (κ3) is 2.98. The molecule has 0 heterocycles. The predicted molar refractivity (Wildman–Crippen MR) is 66.2 cm³/mol. The predicted octanol–water partition coefficient (Wildman–Crippen LogP) is 0.141. The second-order valence-corrected chi connectivity index (χ2v) is 4.05. The smallest absolute Gasteiger partial charge is 0.328 e. The molecule has 0 radical (unpaired) electrons. The fraction of sp³-hybridized carbons (Fsp3) is 0.333. The van der Waals surface area contributed by atoms with E-state index in [2.05, 4.69) is 5.32 Å². The largest absolute Gasteiger partial charge is 0.480 e. The van der Waals surface area contributed by atoms with Crippen molar-refractivity contribution in [1.29, 1.82) is 0 Å². The Morgan fingerprint density at radius 1 is 1.39 bits per heavy atom. The number of hydrogen-bond donors (Lipinski definition) is 4. The van der Waals surface area contributed by atoms with Crippen LogP contribution in [0.1, 0.15) is 22.8 Å². The molecular formula is C12H16N2O4. The van der Waals surface area contributed by atoms with Gasteiger partial charge in [0.15, 0.2) is 6.04 Å². The van der Waals surface area contributed by atoms with Gasteiger partial charge >= 0.3 is 5.97 Å². The van der Waals surface area contributed by atoms with Gasteiger partial charge in [0.05, 0.1) is 6.10 Å². The molecule has 0 saturated heterocycles. The monoisotopic (exact) mass is 252 g/mol. The number of nitrogens with two attached hydrogens (primary N) is 1. The molecule has 98 valence electrons. The van der Waals surface area contributed by atoms with Crippen molar-refractivity contribution in [1.82, 2.24) is 5.32 Å². The van der Waals surface area contributed by atoms with Crippen molar-refractivity contribution in [2.45, 2.75) is 26.0 Å². The van der Waals surface area contributed by atoms with E-state index in [1.165, 1.54) is 6.92 Å². The lowest BCUT2D eigenvalue weighted by atomic mass is 10.1. The highest BCUT2D eigenvalue weighted by Gasteiger charge is 2.26. The van der Waals surface area contributed by atoms with E-state index in [0.717, 1.165) is 0 Å². The number of aliphatic hydroxyl groups is 1. The summed E-state index contributed by atoms with van der Waals surface area (Å²) in [6.45, 7) is 2.97. The Labute approximate surface area is 104 Å². The Kier molecular flexibility index (Phi) is 4.28. The fourth-order valence-corrected chi connectivity index (χ4v) is 1.51. The van der Waals surface area contributed by atoms with Gasteiger partial charge in [0.2, 0.25) is 0 Å². The van der Waals surface area contributed by atoms with Crippen LogP contribution in [0.15, 0.2) is 18.2 Å². The van der Waals surface area contributed by atoms with E-state index in [1.54, 1.807) is 25.1 Å². The second-order valence-electron chi connectivity index (χ2n) is 4.05. The first-order valence-electron chi connectivity index (χ1n) is 5.41. The van der Waals surface area contributed by atoms with Crippen molar-refractivity contribution >= 4 is 17.6 Å². The van der Waals surface area contributed by atoms with Crippen LogP contribution in [-0.4, -0.2) is 34.2 Å². The lowest BCUT2D eigenvalue weighted by molar-refractivity contribution is -0.141. The summed E-state index contributed by atoms with van der Waals surface area (Å²) in [6.07, 6.45) is -1.19. The number of rotatable bonds is 4. The summed E-state index contributed by atoms with van der Waals surface area (Å²) < 4.78 is 0. The molecule has 0 saturated carbocycles. The first-order chi connectivity index (χ1) is 8.34. The highest BCUT2D eigenvalue weighted by Crippen LogP contribution is 2.15. The van der Waals surface area contributed by atoms with Crippen LogP contribution in [0.4, 0.5) is 5.69 Å². The van der Waals surface area contributed by atoms with Crippen LogP contribution < -0.4 is 11.1 Å². The first kappa shape index (κ1) is 14.0.